The van der Waals surface area contributed by atoms with Gasteiger partial charge in [0.25, 0.3) is 0 Å². The number of rotatable bonds is 3. The predicted molar refractivity (Wildman–Crippen MR) is 75.1 cm³/mol. The predicted octanol–water partition coefficient (Wildman–Crippen LogP) is 1.42. The molecular weight excluding hydrogens is 242 g/mol. The van der Waals surface area contributed by atoms with E-state index in [-0.39, 0.29) is 6.09 Å². The Morgan fingerprint density at radius 2 is 1.95 bits per heavy atom. The first kappa shape index (κ1) is 13.7. The summed E-state index contributed by atoms with van der Waals surface area (Å²) in [6.45, 7) is 5.80. The van der Waals surface area contributed by atoms with E-state index < -0.39 is 0 Å². The van der Waals surface area contributed by atoms with E-state index in [2.05, 4.69) is 11.0 Å². The van der Waals surface area contributed by atoms with Crippen LogP contribution in [0.2, 0.25) is 0 Å². The largest absolute Gasteiger partial charge is 0.450 e. The number of benzene rings is 1. The number of hydrogen-bond donors (Lipinski definition) is 1. The molecule has 1 aliphatic rings. The second kappa shape index (κ2) is 6.43. The van der Waals surface area contributed by atoms with Crippen molar-refractivity contribution in [1.29, 1.82) is 0 Å². The standard InChI is InChI=1S/C14H21N3O2/c1-2-19-14(18)17-9-7-16(8-10-17)13-6-4-3-5-12(13)11-15/h3-6H,2,7-11,15H2,1H3. The third kappa shape index (κ3) is 3.17. The quantitative estimate of drug-likeness (QED) is 0.896. The van der Waals surface area contributed by atoms with Crippen LogP contribution in [0.25, 0.3) is 0 Å². The first-order valence-corrected chi connectivity index (χ1v) is 6.71. The summed E-state index contributed by atoms with van der Waals surface area (Å²) in [5, 5.41) is 0. The summed E-state index contributed by atoms with van der Waals surface area (Å²) in [5.74, 6) is 0. The molecule has 0 aliphatic carbocycles. The molecule has 19 heavy (non-hydrogen) atoms. The fourth-order valence-corrected chi connectivity index (χ4v) is 2.34. The maximum absolute atomic E-state index is 11.6. The van der Waals surface area contributed by atoms with E-state index in [1.807, 2.05) is 25.1 Å². The Labute approximate surface area is 113 Å². The Bertz CT molecular complexity index is 428. The minimum atomic E-state index is -0.214. The number of anilines is 1. The van der Waals surface area contributed by atoms with Gasteiger partial charge in [0.15, 0.2) is 0 Å². The average molecular weight is 263 g/mol. The zero-order valence-electron chi connectivity index (χ0n) is 11.3. The first-order chi connectivity index (χ1) is 9.26. The van der Waals surface area contributed by atoms with Crippen LogP contribution < -0.4 is 10.6 Å². The van der Waals surface area contributed by atoms with Crippen molar-refractivity contribution in [2.75, 3.05) is 37.7 Å². The minimum absolute atomic E-state index is 0.214. The van der Waals surface area contributed by atoms with Crippen LogP contribution in [0.1, 0.15) is 12.5 Å². The summed E-state index contributed by atoms with van der Waals surface area (Å²) in [5.41, 5.74) is 8.08. The molecule has 5 nitrogen and oxygen atoms in total. The van der Waals surface area contributed by atoms with Crippen LogP contribution >= 0.6 is 0 Å². The Morgan fingerprint density at radius 3 is 2.58 bits per heavy atom. The van der Waals surface area contributed by atoms with Gasteiger partial charge in [0.1, 0.15) is 0 Å². The van der Waals surface area contributed by atoms with Crippen molar-refractivity contribution >= 4 is 11.8 Å². The zero-order valence-corrected chi connectivity index (χ0v) is 11.3. The van der Waals surface area contributed by atoms with Gasteiger partial charge in [-0.15, -0.1) is 0 Å². The van der Waals surface area contributed by atoms with E-state index in [1.54, 1.807) is 4.90 Å². The summed E-state index contributed by atoms with van der Waals surface area (Å²) >= 11 is 0. The second-order valence-electron chi connectivity index (χ2n) is 4.51. The van der Waals surface area contributed by atoms with Gasteiger partial charge in [-0.1, -0.05) is 18.2 Å². The maximum atomic E-state index is 11.6. The van der Waals surface area contributed by atoms with Crippen molar-refractivity contribution < 1.29 is 9.53 Å². The number of nitrogens with two attached hydrogens (primary N) is 1. The average Bonchev–Trinajstić information content (AvgIpc) is 2.47. The number of para-hydroxylation sites is 1. The van der Waals surface area contributed by atoms with Crippen LogP contribution in [-0.4, -0.2) is 43.8 Å². The molecule has 1 heterocycles. The van der Waals surface area contributed by atoms with Crippen LogP contribution in [0.4, 0.5) is 10.5 Å². The third-order valence-corrected chi connectivity index (χ3v) is 3.36. The van der Waals surface area contributed by atoms with E-state index in [0.29, 0.717) is 26.2 Å². The molecule has 0 aromatic heterocycles. The number of amides is 1. The van der Waals surface area contributed by atoms with Gasteiger partial charge in [-0.25, -0.2) is 4.79 Å². The highest BCUT2D eigenvalue weighted by Crippen LogP contribution is 2.21. The van der Waals surface area contributed by atoms with E-state index >= 15 is 0 Å². The molecular formula is C14H21N3O2. The molecule has 1 fully saturated rings. The third-order valence-electron chi connectivity index (χ3n) is 3.36. The molecule has 1 saturated heterocycles. The van der Waals surface area contributed by atoms with Crippen molar-refractivity contribution in [3.63, 3.8) is 0 Å². The summed E-state index contributed by atoms with van der Waals surface area (Å²) in [7, 11) is 0. The Morgan fingerprint density at radius 1 is 1.26 bits per heavy atom. The van der Waals surface area contributed by atoms with E-state index in [9.17, 15) is 4.79 Å². The smallest absolute Gasteiger partial charge is 0.409 e. The lowest BCUT2D eigenvalue weighted by molar-refractivity contribution is 0.105. The number of piperazine rings is 1. The Balaban J connectivity index is 1.98. The molecule has 0 bridgehead atoms. The molecule has 0 unspecified atom stereocenters. The molecule has 5 heteroatoms. The fourth-order valence-electron chi connectivity index (χ4n) is 2.34. The molecule has 0 radical (unpaired) electrons. The van der Waals surface area contributed by atoms with Gasteiger partial charge in [0.2, 0.25) is 0 Å². The summed E-state index contributed by atoms with van der Waals surface area (Å²) in [4.78, 5) is 15.7. The summed E-state index contributed by atoms with van der Waals surface area (Å²) in [6.07, 6.45) is -0.214. The summed E-state index contributed by atoms with van der Waals surface area (Å²) in [6, 6.07) is 8.15. The molecule has 1 aliphatic heterocycles. The summed E-state index contributed by atoms with van der Waals surface area (Å²) < 4.78 is 5.02. The number of hydrogen-bond acceptors (Lipinski definition) is 4. The number of carbonyl (C=O) groups excluding carboxylic acids is 1. The topological polar surface area (TPSA) is 58.8 Å². The van der Waals surface area contributed by atoms with Crippen molar-refractivity contribution in [3.05, 3.63) is 29.8 Å². The van der Waals surface area contributed by atoms with Gasteiger partial charge in [-0.05, 0) is 18.6 Å². The molecule has 0 saturated carbocycles. The number of carbonyl (C=O) groups is 1. The highest BCUT2D eigenvalue weighted by Gasteiger charge is 2.22. The van der Waals surface area contributed by atoms with E-state index in [0.717, 1.165) is 18.7 Å². The number of ether oxygens (including phenoxy) is 1. The van der Waals surface area contributed by atoms with Crippen molar-refractivity contribution in [2.45, 2.75) is 13.5 Å². The van der Waals surface area contributed by atoms with E-state index in [1.165, 1.54) is 5.69 Å². The van der Waals surface area contributed by atoms with Crippen molar-refractivity contribution in [2.24, 2.45) is 5.73 Å². The molecule has 0 spiro atoms. The molecule has 104 valence electrons. The minimum Gasteiger partial charge on any atom is -0.450 e. The van der Waals surface area contributed by atoms with Gasteiger partial charge in [0.05, 0.1) is 6.61 Å². The molecule has 1 aromatic carbocycles. The van der Waals surface area contributed by atoms with Crippen LogP contribution in [0, 0.1) is 0 Å². The Kier molecular flexibility index (Phi) is 4.63. The molecule has 0 atom stereocenters. The zero-order chi connectivity index (χ0) is 13.7. The highest BCUT2D eigenvalue weighted by atomic mass is 16.6. The van der Waals surface area contributed by atoms with Crippen molar-refractivity contribution in [3.8, 4) is 0 Å². The van der Waals surface area contributed by atoms with Crippen LogP contribution in [0.15, 0.2) is 24.3 Å². The number of nitrogens with zero attached hydrogens (tertiary/aromatic N) is 2. The second-order valence-corrected chi connectivity index (χ2v) is 4.51. The van der Waals surface area contributed by atoms with Gasteiger partial charge in [0, 0.05) is 38.4 Å². The normalized spacial score (nSPS) is 15.5. The Hall–Kier alpha value is -1.75. The van der Waals surface area contributed by atoms with E-state index in [4.69, 9.17) is 10.5 Å². The fraction of sp³-hybridized carbons (Fsp3) is 0.500. The van der Waals surface area contributed by atoms with Crippen molar-refractivity contribution in [1.82, 2.24) is 4.90 Å². The highest BCUT2D eigenvalue weighted by molar-refractivity contribution is 5.68. The lowest BCUT2D eigenvalue weighted by atomic mass is 10.1. The maximum Gasteiger partial charge on any atom is 0.409 e. The molecule has 2 N–H and O–H groups in total. The molecule has 1 aromatic rings. The van der Waals surface area contributed by atoms with Crippen LogP contribution in [0.3, 0.4) is 0 Å². The first-order valence-electron chi connectivity index (χ1n) is 6.71. The molecule has 1 amide bonds. The monoisotopic (exact) mass is 263 g/mol. The SMILES string of the molecule is CCOC(=O)N1CCN(c2ccccc2CN)CC1. The lowest BCUT2D eigenvalue weighted by Gasteiger charge is -2.36. The van der Waals surface area contributed by atoms with Gasteiger partial charge >= 0.3 is 6.09 Å². The van der Waals surface area contributed by atoms with Crippen LogP contribution in [0.5, 0.6) is 0 Å². The van der Waals surface area contributed by atoms with Gasteiger partial charge in [-0.2, -0.15) is 0 Å². The lowest BCUT2D eigenvalue weighted by Crippen LogP contribution is -2.49. The van der Waals surface area contributed by atoms with Gasteiger partial charge in [-0.3, -0.25) is 0 Å². The van der Waals surface area contributed by atoms with Crippen LogP contribution in [-0.2, 0) is 11.3 Å². The van der Waals surface area contributed by atoms with Gasteiger partial charge < -0.3 is 20.3 Å². The molecule has 2 rings (SSSR count).